The summed E-state index contributed by atoms with van der Waals surface area (Å²) >= 11 is 1.90. The molecule has 1 fully saturated rings. The third kappa shape index (κ3) is 3.09. The molecule has 2 heteroatoms. The first kappa shape index (κ1) is 13.1. The van der Waals surface area contributed by atoms with Gasteiger partial charge in [0, 0.05) is 11.3 Å². The topological polar surface area (TPSA) is 12.9 Å². The van der Waals surface area contributed by atoms with Crippen LogP contribution < -0.4 is 0 Å². The maximum Gasteiger partial charge on any atom is 0.0959 e. The summed E-state index contributed by atoms with van der Waals surface area (Å²) in [7, 11) is 0. The first-order chi connectivity index (χ1) is 8.24. The SMILES string of the molecule is CCC1CCC(c2nc(C(C)CC)cs2)CC1. The highest BCUT2D eigenvalue weighted by Crippen LogP contribution is 2.38. The quantitative estimate of drug-likeness (QED) is 0.704. The van der Waals surface area contributed by atoms with Gasteiger partial charge in [-0.2, -0.15) is 0 Å². The zero-order chi connectivity index (χ0) is 12.3. The molecule has 1 atom stereocenters. The van der Waals surface area contributed by atoms with Crippen molar-refractivity contribution in [2.24, 2.45) is 5.92 Å². The summed E-state index contributed by atoms with van der Waals surface area (Å²) in [6.45, 7) is 6.86. The Labute approximate surface area is 110 Å². The van der Waals surface area contributed by atoms with E-state index in [-0.39, 0.29) is 0 Å². The van der Waals surface area contributed by atoms with Crippen molar-refractivity contribution in [3.8, 4) is 0 Å². The van der Waals surface area contributed by atoms with E-state index in [0.717, 1.165) is 11.8 Å². The Morgan fingerprint density at radius 3 is 2.59 bits per heavy atom. The summed E-state index contributed by atoms with van der Waals surface area (Å²) in [5, 5.41) is 3.70. The van der Waals surface area contributed by atoms with Crippen LogP contribution in [-0.2, 0) is 0 Å². The van der Waals surface area contributed by atoms with Crippen LogP contribution in [0.3, 0.4) is 0 Å². The average Bonchev–Trinajstić information content (AvgIpc) is 2.87. The molecular formula is C15H25NS. The van der Waals surface area contributed by atoms with Crippen LogP contribution in [0, 0.1) is 5.92 Å². The van der Waals surface area contributed by atoms with Gasteiger partial charge in [0.2, 0.25) is 0 Å². The van der Waals surface area contributed by atoms with Crippen molar-refractivity contribution >= 4 is 11.3 Å². The second-order valence-electron chi connectivity index (χ2n) is 5.55. The summed E-state index contributed by atoms with van der Waals surface area (Å²) in [5.74, 6) is 2.38. The predicted octanol–water partition coefficient (Wildman–Crippen LogP) is 5.34. The van der Waals surface area contributed by atoms with Gasteiger partial charge in [0.1, 0.15) is 0 Å². The highest BCUT2D eigenvalue weighted by molar-refractivity contribution is 7.09. The van der Waals surface area contributed by atoms with Crippen molar-refractivity contribution in [1.82, 2.24) is 4.98 Å². The molecule has 2 rings (SSSR count). The number of hydrogen-bond acceptors (Lipinski definition) is 2. The Morgan fingerprint density at radius 2 is 2.00 bits per heavy atom. The number of aromatic nitrogens is 1. The van der Waals surface area contributed by atoms with Crippen molar-refractivity contribution in [3.05, 3.63) is 16.1 Å². The Morgan fingerprint density at radius 1 is 1.29 bits per heavy atom. The summed E-state index contributed by atoms with van der Waals surface area (Å²) in [6, 6.07) is 0. The van der Waals surface area contributed by atoms with Crippen molar-refractivity contribution in [2.45, 2.75) is 71.1 Å². The van der Waals surface area contributed by atoms with E-state index >= 15 is 0 Å². The highest BCUT2D eigenvalue weighted by Gasteiger charge is 2.23. The second-order valence-corrected chi connectivity index (χ2v) is 6.44. The second kappa shape index (κ2) is 5.99. The minimum atomic E-state index is 0.631. The molecule has 0 N–H and O–H groups in total. The summed E-state index contributed by atoms with van der Waals surface area (Å²) in [4.78, 5) is 4.87. The normalized spacial score (nSPS) is 27.0. The molecule has 0 aliphatic heterocycles. The van der Waals surface area contributed by atoms with Crippen LogP contribution in [0.15, 0.2) is 5.38 Å². The fourth-order valence-electron chi connectivity index (χ4n) is 2.74. The molecule has 1 aliphatic rings. The van der Waals surface area contributed by atoms with Gasteiger partial charge in [0.15, 0.2) is 0 Å². The molecule has 1 aromatic rings. The Bertz CT molecular complexity index is 336. The maximum atomic E-state index is 4.87. The van der Waals surface area contributed by atoms with Crippen molar-refractivity contribution in [3.63, 3.8) is 0 Å². The standard InChI is InChI=1S/C15H25NS/c1-4-11(3)14-10-17-15(16-14)13-8-6-12(5-2)7-9-13/h10-13H,4-9H2,1-3H3. The van der Waals surface area contributed by atoms with Crippen molar-refractivity contribution < 1.29 is 0 Å². The Balaban J connectivity index is 1.97. The summed E-state index contributed by atoms with van der Waals surface area (Å²) < 4.78 is 0. The van der Waals surface area contributed by atoms with E-state index < -0.39 is 0 Å². The Kier molecular flexibility index (Phi) is 4.61. The lowest BCUT2D eigenvalue weighted by Gasteiger charge is -2.26. The zero-order valence-electron chi connectivity index (χ0n) is 11.4. The fraction of sp³-hybridized carbons (Fsp3) is 0.800. The third-order valence-electron chi connectivity index (χ3n) is 4.43. The largest absolute Gasteiger partial charge is 0.246 e. The average molecular weight is 251 g/mol. The molecule has 0 spiro atoms. The lowest BCUT2D eigenvalue weighted by atomic mass is 9.81. The molecule has 0 bridgehead atoms. The van der Waals surface area contributed by atoms with E-state index in [4.69, 9.17) is 4.98 Å². The molecule has 1 aliphatic carbocycles. The lowest BCUT2D eigenvalue weighted by molar-refractivity contribution is 0.318. The van der Waals surface area contributed by atoms with Gasteiger partial charge < -0.3 is 0 Å². The fourth-order valence-corrected chi connectivity index (χ4v) is 3.85. The van der Waals surface area contributed by atoms with Gasteiger partial charge in [0.25, 0.3) is 0 Å². The predicted molar refractivity (Wildman–Crippen MR) is 75.8 cm³/mol. The smallest absolute Gasteiger partial charge is 0.0959 e. The molecule has 1 aromatic heterocycles. The van der Waals surface area contributed by atoms with Crippen LogP contribution >= 0.6 is 11.3 Å². The molecule has 0 saturated heterocycles. The number of nitrogens with zero attached hydrogens (tertiary/aromatic N) is 1. The van der Waals surface area contributed by atoms with E-state index in [2.05, 4.69) is 26.2 Å². The monoisotopic (exact) mass is 251 g/mol. The zero-order valence-corrected chi connectivity index (χ0v) is 12.2. The van der Waals surface area contributed by atoms with E-state index in [1.54, 1.807) is 0 Å². The number of hydrogen-bond donors (Lipinski definition) is 0. The molecule has 1 nitrogen and oxygen atoms in total. The maximum absolute atomic E-state index is 4.87. The van der Waals surface area contributed by atoms with Gasteiger partial charge in [-0.1, -0.05) is 27.2 Å². The van der Waals surface area contributed by atoms with E-state index in [1.165, 1.54) is 49.2 Å². The molecular weight excluding hydrogens is 226 g/mol. The van der Waals surface area contributed by atoms with Crippen LogP contribution in [0.4, 0.5) is 0 Å². The molecule has 0 radical (unpaired) electrons. The van der Waals surface area contributed by atoms with Gasteiger partial charge in [-0.3, -0.25) is 0 Å². The lowest BCUT2D eigenvalue weighted by Crippen LogP contribution is -2.12. The van der Waals surface area contributed by atoms with Crippen molar-refractivity contribution in [2.75, 3.05) is 0 Å². The molecule has 17 heavy (non-hydrogen) atoms. The minimum absolute atomic E-state index is 0.631. The van der Waals surface area contributed by atoms with Crippen LogP contribution in [0.1, 0.15) is 81.8 Å². The van der Waals surface area contributed by atoms with E-state index in [1.807, 2.05) is 11.3 Å². The van der Waals surface area contributed by atoms with Crippen LogP contribution in [0.2, 0.25) is 0 Å². The summed E-state index contributed by atoms with van der Waals surface area (Å²) in [5.41, 5.74) is 1.32. The van der Waals surface area contributed by atoms with Gasteiger partial charge in [-0.05, 0) is 43.9 Å². The molecule has 0 aromatic carbocycles. The highest BCUT2D eigenvalue weighted by atomic mass is 32.1. The Hall–Kier alpha value is -0.370. The molecule has 96 valence electrons. The van der Waals surface area contributed by atoms with Crippen LogP contribution in [-0.4, -0.2) is 4.98 Å². The molecule has 1 heterocycles. The molecule has 0 amide bonds. The van der Waals surface area contributed by atoms with E-state index in [0.29, 0.717) is 5.92 Å². The van der Waals surface area contributed by atoms with Crippen LogP contribution in [0.25, 0.3) is 0 Å². The summed E-state index contributed by atoms with van der Waals surface area (Å²) in [6.07, 6.45) is 8.13. The van der Waals surface area contributed by atoms with Crippen molar-refractivity contribution in [1.29, 1.82) is 0 Å². The number of thiazole rings is 1. The van der Waals surface area contributed by atoms with Crippen LogP contribution in [0.5, 0.6) is 0 Å². The first-order valence-electron chi connectivity index (χ1n) is 7.19. The molecule has 1 unspecified atom stereocenters. The van der Waals surface area contributed by atoms with Gasteiger partial charge >= 0.3 is 0 Å². The van der Waals surface area contributed by atoms with Gasteiger partial charge in [-0.25, -0.2) is 4.98 Å². The van der Waals surface area contributed by atoms with Gasteiger partial charge in [-0.15, -0.1) is 11.3 Å². The minimum Gasteiger partial charge on any atom is -0.246 e. The third-order valence-corrected chi connectivity index (χ3v) is 5.46. The molecule has 1 saturated carbocycles. The van der Waals surface area contributed by atoms with Gasteiger partial charge in [0.05, 0.1) is 10.7 Å². The first-order valence-corrected chi connectivity index (χ1v) is 8.07. The van der Waals surface area contributed by atoms with E-state index in [9.17, 15) is 0 Å². The number of rotatable bonds is 4.